The molecule has 0 atom stereocenters. The van der Waals surface area contributed by atoms with E-state index >= 15 is 0 Å². The second-order valence-electron chi connectivity index (χ2n) is 6.37. The maximum Gasteiger partial charge on any atom is 0.285 e. The summed E-state index contributed by atoms with van der Waals surface area (Å²) in [5, 5.41) is 9.42. The van der Waals surface area contributed by atoms with Gasteiger partial charge in [-0.25, -0.2) is 5.10 Å². The second-order valence-corrected chi connectivity index (χ2v) is 6.75. The number of hydrogen-bond donors (Lipinski definition) is 2. The highest BCUT2D eigenvalue weighted by Crippen LogP contribution is 2.18. The Balaban J connectivity index is 1.39. The van der Waals surface area contributed by atoms with E-state index in [0.717, 1.165) is 45.7 Å². The van der Waals surface area contributed by atoms with E-state index in [1.165, 1.54) is 11.3 Å². The van der Waals surface area contributed by atoms with E-state index < -0.39 is 0 Å². The Labute approximate surface area is 152 Å². The summed E-state index contributed by atoms with van der Waals surface area (Å²) in [5.74, 6) is 0. The van der Waals surface area contributed by atoms with Crippen molar-refractivity contribution in [3.63, 3.8) is 0 Å². The zero-order valence-corrected chi connectivity index (χ0v) is 15.2. The molecule has 3 rings (SSSR count). The summed E-state index contributed by atoms with van der Waals surface area (Å²) in [6, 6.07) is 8.69. The van der Waals surface area contributed by atoms with Crippen molar-refractivity contribution in [2.24, 2.45) is 0 Å². The van der Waals surface area contributed by atoms with Crippen molar-refractivity contribution in [3.8, 4) is 0 Å². The number of halogens is 1. The number of nitrogens with zero attached hydrogens (tertiary/aromatic N) is 3. The molecular weight excluding hydrogens is 338 g/mol. The van der Waals surface area contributed by atoms with Crippen molar-refractivity contribution in [1.82, 2.24) is 15.1 Å². The van der Waals surface area contributed by atoms with E-state index in [9.17, 15) is 4.79 Å². The fourth-order valence-corrected chi connectivity index (χ4v) is 3.24. The van der Waals surface area contributed by atoms with Gasteiger partial charge < -0.3 is 10.2 Å². The predicted molar refractivity (Wildman–Crippen MR) is 103 cm³/mol. The molecule has 0 unspecified atom stereocenters. The largest absolute Gasteiger partial charge is 0.382 e. The lowest BCUT2D eigenvalue weighted by atomic mass is 10.2. The minimum absolute atomic E-state index is 0.168. The van der Waals surface area contributed by atoms with Crippen LogP contribution in [-0.2, 0) is 0 Å². The average Bonchev–Trinajstić information content (AvgIpc) is 2.62. The van der Waals surface area contributed by atoms with E-state index in [4.69, 9.17) is 11.6 Å². The molecule has 0 bridgehead atoms. The van der Waals surface area contributed by atoms with E-state index in [0.29, 0.717) is 5.69 Å². The molecule has 1 aromatic carbocycles. The predicted octanol–water partition coefficient (Wildman–Crippen LogP) is 2.36. The Kier molecular flexibility index (Phi) is 5.94. The molecule has 134 valence electrons. The van der Waals surface area contributed by atoms with Gasteiger partial charge in [0.15, 0.2) is 0 Å². The first-order chi connectivity index (χ1) is 12.1. The first-order valence-corrected chi connectivity index (χ1v) is 9.02. The second kappa shape index (κ2) is 8.36. The molecular formula is C18H24ClN5O. The van der Waals surface area contributed by atoms with Crippen molar-refractivity contribution < 1.29 is 0 Å². The number of aryl methyl sites for hydroxylation is 1. The molecule has 1 aliphatic heterocycles. The molecule has 2 heterocycles. The highest BCUT2D eigenvalue weighted by atomic mass is 35.5. The normalized spacial score (nSPS) is 15.4. The minimum atomic E-state index is -0.362. The van der Waals surface area contributed by atoms with Gasteiger partial charge in [0, 0.05) is 38.4 Å². The standard InChI is InChI=1S/C18H24ClN5O/c1-14-4-2-5-15(12-14)24-10-8-23(9-11-24)7-3-6-20-16-13-21-22-18(25)17(16)19/h2,4-5,12-13H,3,6-11H2,1H3,(H2,20,22,25). The Morgan fingerprint density at radius 1 is 1.28 bits per heavy atom. The Bertz CT molecular complexity index is 755. The molecule has 0 amide bonds. The first kappa shape index (κ1) is 17.8. The van der Waals surface area contributed by atoms with Crippen molar-refractivity contribution in [1.29, 1.82) is 0 Å². The lowest BCUT2D eigenvalue weighted by Crippen LogP contribution is -2.46. The number of nitrogens with one attached hydrogen (secondary N) is 2. The molecule has 1 fully saturated rings. The Morgan fingerprint density at radius 3 is 2.84 bits per heavy atom. The van der Waals surface area contributed by atoms with Gasteiger partial charge in [-0.2, -0.15) is 5.10 Å². The molecule has 1 aromatic heterocycles. The van der Waals surface area contributed by atoms with Gasteiger partial charge in [0.2, 0.25) is 0 Å². The number of rotatable bonds is 6. The number of anilines is 2. The van der Waals surface area contributed by atoms with Gasteiger partial charge >= 0.3 is 0 Å². The summed E-state index contributed by atoms with van der Waals surface area (Å²) in [5.41, 5.74) is 2.85. The van der Waals surface area contributed by atoms with Gasteiger partial charge in [-0.15, -0.1) is 0 Å². The summed E-state index contributed by atoms with van der Waals surface area (Å²) < 4.78 is 0. The summed E-state index contributed by atoms with van der Waals surface area (Å²) >= 11 is 5.94. The molecule has 7 heteroatoms. The van der Waals surface area contributed by atoms with Crippen LogP contribution in [0.4, 0.5) is 11.4 Å². The monoisotopic (exact) mass is 361 g/mol. The molecule has 0 saturated carbocycles. The van der Waals surface area contributed by atoms with Crippen LogP contribution in [0.15, 0.2) is 35.3 Å². The van der Waals surface area contributed by atoms with Gasteiger partial charge in [0.05, 0.1) is 11.9 Å². The molecule has 2 N–H and O–H groups in total. The number of H-pyrrole nitrogens is 1. The fraction of sp³-hybridized carbons (Fsp3) is 0.444. The maximum absolute atomic E-state index is 11.4. The number of piperazine rings is 1. The van der Waals surface area contributed by atoms with Crippen LogP contribution in [-0.4, -0.2) is 54.4 Å². The number of aromatic nitrogens is 2. The smallest absolute Gasteiger partial charge is 0.285 e. The average molecular weight is 362 g/mol. The van der Waals surface area contributed by atoms with E-state index in [2.05, 4.69) is 56.5 Å². The zero-order valence-electron chi connectivity index (χ0n) is 14.5. The fourth-order valence-electron chi connectivity index (χ4n) is 3.09. The van der Waals surface area contributed by atoms with Gasteiger partial charge in [-0.3, -0.25) is 9.69 Å². The number of hydrogen-bond acceptors (Lipinski definition) is 5. The van der Waals surface area contributed by atoms with Gasteiger partial charge in [-0.05, 0) is 37.6 Å². The van der Waals surface area contributed by atoms with Gasteiger partial charge in [-0.1, -0.05) is 23.7 Å². The van der Waals surface area contributed by atoms with Gasteiger partial charge in [0.25, 0.3) is 5.56 Å². The molecule has 25 heavy (non-hydrogen) atoms. The summed E-state index contributed by atoms with van der Waals surface area (Å²) in [4.78, 5) is 16.3. The topological polar surface area (TPSA) is 64.3 Å². The third-order valence-corrected chi connectivity index (χ3v) is 4.88. The van der Waals surface area contributed by atoms with E-state index in [1.807, 2.05) is 0 Å². The lowest BCUT2D eigenvalue weighted by molar-refractivity contribution is 0.257. The van der Waals surface area contributed by atoms with E-state index in [-0.39, 0.29) is 10.6 Å². The van der Waals surface area contributed by atoms with Crippen molar-refractivity contribution in [2.45, 2.75) is 13.3 Å². The van der Waals surface area contributed by atoms with Crippen LogP contribution in [0.2, 0.25) is 5.02 Å². The highest BCUT2D eigenvalue weighted by molar-refractivity contribution is 6.32. The zero-order chi connectivity index (χ0) is 17.6. The van der Waals surface area contributed by atoms with Crippen molar-refractivity contribution in [3.05, 3.63) is 51.4 Å². The lowest BCUT2D eigenvalue weighted by Gasteiger charge is -2.36. The molecule has 1 aliphatic rings. The minimum Gasteiger partial charge on any atom is -0.382 e. The molecule has 0 spiro atoms. The number of aromatic amines is 1. The molecule has 6 nitrogen and oxygen atoms in total. The Morgan fingerprint density at radius 2 is 2.08 bits per heavy atom. The van der Waals surface area contributed by atoms with Crippen molar-refractivity contribution >= 4 is 23.0 Å². The van der Waals surface area contributed by atoms with Crippen LogP contribution < -0.4 is 15.8 Å². The van der Waals surface area contributed by atoms with Crippen LogP contribution in [0.3, 0.4) is 0 Å². The third-order valence-electron chi connectivity index (χ3n) is 4.50. The van der Waals surface area contributed by atoms with Crippen molar-refractivity contribution in [2.75, 3.05) is 49.5 Å². The maximum atomic E-state index is 11.4. The van der Waals surface area contributed by atoms with Crippen LogP contribution in [0.5, 0.6) is 0 Å². The SMILES string of the molecule is Cc1cccc(N2CCN(CCCNc3cn[nH]c(=O)c3Cl)CC2)c1. The Hall–Kier alpha value is -2.05. The van der Waals surface area contributed by atoms with E-state index in [1.54, 1.807) is 6.20 Å². The summed E-state index contributed by atoms with van der Waals surface area (Å²) in [6.07, 6.45) is 2.54. The van der Waals surface area contributed by atoms with Gasteiger partial charge in [0.1, 0.15) is 5.02 Å². The van der Waals surface area contributed by atoms with Crippen LogP contribution in [0.1, 0.15) is 12.0 Å². The van der Waals surface area contributed by atoms with Crippen LogP contribution >= 0.6 is 11.6 Å². The quantitative estimate of drug-likeness (QED) is 0.773. The molecule has 2 aromatic rings. The molecule has 1 saturated heterocycles. The summed E-state index contributed by atoms with van der Waals surface area (Å²) in [7, 11) is 0. The van der Waals surface area contributed by atoms with Crippen LogP contribution in [0.25, 0.3) is 0 Å². The summed E-state index contributed by atoms with van der Waals surface area (Å²) in [6.45, 7) is 8.19. The molecule has 0 aliphatic carbocycles. The third kappa shape index (κ3) is 4.74. The first-order valence-electron chi connectivity index (χ1n) is 8.64. The van der Waals surface area contributed by atoms with Crippen LogP contribution in [0, 0.1) is 6.92 Å². The molecule has 0 radical (unpaired) electrons. The number of benzene rings is 1. The highest BCUT2D eigenvalue weighted by Gasteiger charge is 2.16.